The molecule has 1 amide bonds. The predicted octanol–water partition coefficient (Wildman–Crippen LogP) is 5.77. The second kappa shape index (κ2) is 9.85. The Labute approximate surface area is 201 Å². The van der Waals surface area contributed by atoms with Crippen molar-refractivity contribution in [3.8, 4) is 11.4 Å². The van der Waals surface area contributed by atoms with Crippen LogP contribution < -0.4 is 0 Å². The Morgan fingerprint density at radius 2 is 1.76 bits per heavy atom. The Kier molecular flexibility index (Phi) is 6.51. The van der Waals surface area contributed by atoms with E-state index in [1.54, 1.807) is 18.0 Å². The second-order valence-electron chi connectivity index (χ2n) is 7.96. The van der Waals surface area contributed by atoms with E-state index in [0.29, 0.717) is 11.6 Å². The first kappa shape index (κ1) is 21.8. The molecule has 168 valence electrons. The molecule has 2 aromatic heterocycles. The smallest absolute Gasteiger partial charge is 0.253 e. The summed E-state index contributed by atoms with van der Waals surface area (Å²) in [6.45, 7) is 2.25. The number of carbonyl (C=O) groups excluding carboxylic acids is 1. The number of halogens is 1. The van der Waals surface area contributed by atoms with Gasteiger partial charge in [-0.05, 0) is 66.9 Å². The van der Waals surface area contributed by atoms with Crippen molar-refractivity contribution < 1.29 is 9.21 Å². The summed E-state index contributed by atoms with van der Waals surface area (Å²) in [5.41, 5.74) is 2.81. The molecule has 0 saturated carbocycles. The van der Waals surface area contributed by atoms with Gasteiger partial charge in [0.2, 0.25) is 0 Å². The van der Waals surface area contributed by atoms with Crippen molar-refractivity contribution >= 4 is 29.3 Å². The van der Waals surface area contributed by atoms with Gasteiger partial charge in [-0.15, -0.1) is 10.2 Å². The van der Waals surface area contributed by atoms with Crippen LogP contribution >= 0.6 is 23.4 Å². The van der Waals surface area contributed by atoms with E-state index in [1.807, 2.05) is 65.6 Å². The number of nitrogens with zero attached hydrogens (tertiary/aromatic N) is 4. The van der Waals surface area contributed by atoms with Crippen LogP contribution in [-0.2, 0) is 12.3 Å². The molecule has 4 aromatic rings. The van der Waals surface area contributed by atoms with Crippen LogP contribution in [0, 0.1) is 0 Å². The molecule has 1 aliphatic rings. The number of aromatic nitrogens is 3. The van der Waals surface area contributed by atoms with E-state index in [-0.39, 0.29) is 5.91 Å². The summed E-state index contributed by atoms with van der Waals surface area (Å²) in [6, 6.07) is 19.3. The number of hydrogen-bond donors (Lipinski definition) is 0. The van der Waals surface area contributed by atoms with Gasteiger partial charge in [-0.1, -0.05) is 35.5 Å². The van der Waals surface area contributed by atoms with E-state index < -0.39 is 0 Å². The normalized spacial score (nSPS) is 13.5. The van der Waals surface area contributed by atoms with Crippen LogP contribution in [0.4, 0.5) is 0 Å². The predicted molar refractivity (Wildman–Crippen MR) is 129 cm³/mol. The molecule has 1 fully saturated rings. The Hall–Kier alpha value is -3.03. The van der Waals surface area contributed by atoms with Crippen molar-refractivity contribution in [2.24, 2.45) is 0 Å². The van der Waals surface area contributed by atoms with Crippen LogP contribution in [0.3, 0.4) is 0 Å². The number of likely N-dealkylation sites (tertiary alicyclic amines) is 1. The summed E-state index contributed by atoms with van der Waals surface area (Å²) in [6.07, 6.45) is 3.85. The minimum Gasteiger partial charge on any atom is -0.467 e. The molecule has 0 unspecified atom stereocenters. The number of hydrogen-bond acceptors (Lipinski definition) is 5. The molecule has 33 heavy (non-hydrogen) atoms. The average Bonchev–Trinajstić information content (AvgIpc) is 3.62. The summed E-state index contributed by atoms with van der Waals surface area (Å²) in [4.78, 5) is 14.5. The molecule has 5 rings (SSSR count). The Balaban J connectivity index is 1.33. The van der Waals surface area contributed by atoms with Crippen LogP contribution in [0.2, 0.25) is 5.02 Å². The summed E-state index contributed by atoms with van der Waals surface area (Å²) < 4.78 is 7.62. The molecule has 0 spiro atoms. The Morgan fingerprint density at radius 3 is 2.45 bits per heavy atom. The Bertz CT molecular complexity index is 1210. The van der Waals surface area contributed by atoms with Crippen molar-refractivity contribution in [3.05, 3.63) is 88.8 Å². The van der Waals surface area contributed by atoms with Gasteiger partial charge in [0.25, 0.3) is 5.91 Å². The zero-order valence-electron chi connectivity index (χ0n) is 18.0. The molecule has 0 aliphatic carbocycles. The lowest BCUT2D eigenvalue weighted by Gasteiger charge is -2.15. The van der Waals surface area contributed by atoms with Gasteiger partial charge in [-0.25, -0.2) is 0 Å². The van der Waals surface area contributed by atoms with Gasteiger partial charge in [0, 0.05) is 35.0 Å². The summed E-state index contributed by atoms with van der Waals surface area (Å²) in [5, 5.41) is 10.4. The highest BCUT2D eigenvalue weighted by molar-refractivity contribution is 7.98. The maximum atomic E-state index is 12.6. The molecule has 0 bridgehead atoms. The first-order valence-corrected chi connectivity index (χ1v) is 12.3. The number of thioether (sulfide) groups is 1. The monoisotopic (exact) mass is 478 g/mol. The lowest BCUT2D eigenvalue weighted by atomic mass is 10.1. The van der Waals surface area contributed by atoms with E-state index in [1.165, 1.54) is 0 Å². The van der Waals surface area contributed by atoms with Crippen molar-refractivity contribution in [2.75, 3.05) is 13.1 Å². The highest BCUT2D eigenvalue weighted by Gasteiger charge is 2.20. The fourth-order valence-electron chi connectivity index (χ4n) is 3.90. The first-order chi connectivity index (χ1) is 16.2. The van der Waals surface area contributed by atoms with E-state index in [2.05, 4.69) is 14.8 Å². The van der Waals surface area contributed by atoms with E-state index in [0.717, 1.165) is 65.1 Å². The molecule has 6 nitrogen and oxygen atoms in total. The maximum absolute atomic E-state index is 12.6. The SMILES string of the molecule is O=C(c1ccc(CSc2nnc(-c3ccc(Cl)cc3)n2Cc2ccco2)cc1)N1CCCC1. The lowest BCUT2D eigenvalue weighted by Crippen LogP contribution is -2.27. The molecule has 2 aromatic carbocycles. The summed E-state index contributed by atoms with van der Waals surface area (Å²) in [7, 11) is 0. The zero-order chi connectivity index (χ0) is 22.6. The largest absolute Gasteiger partial charge is 0.467 e. The third-order valence-electron chi connectivity index (χ3n) is 5.68. The van der Waals surface area contributed by atoms with Gasteiger partial charge in [0.1, 0.15) is 5.76 Å². The number of benzene rings is 2. The second-order valence-corrected chi connectivity index (χ2v) is 9.34. The molecule has 3 heterocycles. The molecule has 0 N–H and O–H groups in total. The minimum atomic E-state index is 0.123. The summed E-state index contributed by atoms with van der Waals surface area (Å²) >= 11 is 7.67. The summed E-state index contributed by atoms with van der Waals surface area (Å²) in [5.74, 6) is 2.43. The molecular weight excluding hydrogens is 456 g/mol. The van der Waals surface area contributed by atoms with E-state index in [4.69, 9.17) is 16.0 Å². The zero-order valence-corrected chi connectivity index (χ0v) is 19.6. The van der Waals surface area contributed by atoms with E-state index >= 15 is 0 Å². The molecular formula is C25H23ClN4O2S. The number of rotatable bonds is 7. The van der Waals surface area contributed by atoms with Gasteiger partial charge in [0.15, 0.2) is 11.0 Å². The lowest BCUT2D eigenvalue weighted by molar-refractivity contribution is 0.0793. The number of carbonyl (C=O) groups is 1. The maximum Gasteiger partial charge on any atom is 0.253 e. The fourth-order valence-corrected chi connectivity index (χ4v) is 4.92. The van der Waals surface area contributed by atoms with Crippen molar-refractivity contribution in [3.63, 3.8) is 0 Å². The average molecular weight is 479 g/mol. The standard InChI is InChI=1S/C25H23ClN4O2S/c26-21-11-9-19(10-12-21)23-27-28-25(30(23)16-22-4-3-15-32-22)33-17-18-5-7-20(8-6-18)24(31)29-13-1-2-14-29/h3-12,15H,1-2,13-14,16-17H2. The number of amides is 1. The van der Waals surface area contributed by atoms with Crippen molar-refractivity contribution in [2.45, 2.75) is 30.3 Å². The van der Waals surface area contributed by atoms with Crippen molar-refractivity contribution in [1.29, 1.82) is 0 Å². The van der Waals surface area contributed by atoms with Crippen LogP contribution in [0.15, 0.2) is 76.5 Å². The van der Waals surface area contributed by atoms with Crippen molar-refractivity contribution in [1.82, 2.24) is 19.7 Å². The third kappa shape index (κ3) is 4.99. The van der Waals surface area contributed by atoms with Crippen LogP contribution in [0.1, 0.15) is 34.5 Å². The van der Waals surface area contributed by atoms with Crippen LogP contribution in [0.5, 0.6) is 0 Å². The highest BCUT2D eigenvalue weighted by Crippen LogP contribution is 2.28. The van der Waals surface area contributed by atoms with Gasteiger partial charge >= 0.3 is 0 Å². The molecule has 0 atom stereocenters. The molecule has 0 radical (unpaired) electrons. The molecule has 1 saturated heterocycles. The molecule has 1 aliphatic heterocycles. The highest BCUT2D eigenvalue weighted by atomic mass is 35.5. The van der Waals surface area contributed by atoms with Crippen LogP contribution in [-0.4, -0.2) is 38.7 Å². The van der Waals surface area contributed by atoms with E-state index in [9.17, 15) is 4.79 Å². The van der Waals surface area contributed by atoms with Gasteiger partial charge in [-0.2, -0.15) is 0 Å². The van der Waals surface area contributed by atoms with Gasteiger partial charge in [-0.3, -0.25) is 9.36 Å². The van der Waals surface area contributed by atoms with Gasteiger partial charge < -0.3 is 9.32 Å². The number of furan rings is 1. The topological polar surface area (TPSA) is 64.2 Å². The first-order valence-electron chi connectivity index (χ1n) is 10.9. The van der Waals surface area contributed by atoms with Crippen LogP contribution in [0.25, 0.3) is 11.4 Å². The quantitative estimate of drug-likeness (QED) is 0.315. The Morgan fingerprint density at radius 1 is 1.00 bits per heavy atom. The minimum absolute atomic E-state index is 0.123. The molecule has 8 heteroatoms. The van der Waals surface area contributed by atoms with Gasteiger partial charge in [0.05, 0.1) is 12.8 Å². The fraction of sp³-hybridized carbons (Fsp3) is 0.240. The third-order valence-corrected chi connectivity index (χ3v) is 6.97.